The van der Waals surface area contributed by atoms with Crippen molar-refractivity contribution in [3.63, 3.8) is 0 Å². The number of alkyl halides is 1. The second kappa shape index (κ2) is 9.34. The standard InChI is InChI=1S/C18H29BrN2/c1-20-15-16-21(18-12-8-7-11-17(18)20)14-10-6-4-2-3-5-9-13-19/h7-8,11-12H,2-6,9-10,13-16H2,1H3. The van der Waals surface area contributed by atoms with Gasteiger partial charge in [-0.25, -0.2) is 0 Å². The lowest BCUT2D eigenvalue weighted by atomic mass is 10.1. The van der Waals surface area contributed by atoms with Gasteiger partial charge in [-0.05, 0) is 25.0 Å². The van der Waals surface area contributed by atoms with Crippen LogP contribution in [0.2, 0.25) is 0 Å². The van der Waals surface area contributed by atoms with Gasteiger partial charge in [0.15, 0.2) is 0 Å². The van der Waals surface area contributed by atoms with Crippen LogP contribution in [0.5, 0.6) is 0 Å². The minimum absolute atomic E-state index is 1.14. The first kappa shape index (κ1) is 16.7. The molecule has 0 atom stereocenters. The lowest BCUT2D eigenvalue weighted by Crippen LogP contribution is -2.39. The number of nitrogens with zero attached hydrogens (tertiary/aromatic N) is 2. The van der Waals surface area contributed by atoms with Gasteiger partial charge in [0.25, 0.3) is 0 Å². The van der Waals surface area contributed by atoms with Crippen LogP contribution < -0.4 is 9.80 Å². The van der Waals surface area contributed by atoms with Gasteiger partial charge in [0, 0.05) is 32.0 Å². The fraction of sp³-hybridized carbons (Fsp3) is 0.667. The van der Waals surface area contributed by atoms with Crippen molar-refractivity contribution in [2.45, 2.75) is 44.9 Å². The molecular formula is C18H29BrN2. The van der Waals surface area contributed by atoms with Crippen LogP contribution in [0, 0.1) is 0 Å². The van der Waals surface area contributed by atoms with Crippen molar-refractivity contribution in [2.75, 3.05) is 41.8 Å². The highest BCUT2D eigenvalue weighted by Gasteiger charge is 2.18. The van der Waals surface area contributed by atoms with Gasteiger partial charge in [0.2, 0.25) is 0 Å². The molecule has 0 N–H and O–H groups in total. The number of hydrogen-bond donors (Lipinski definition) is 0. The Labute approximate surface area is 138 Å². The second-order valence-corrected chi connectivity index (χ2v) is 6.85. The molecule has 0 aromatic heterocycles. The zero-order chi connectivity index (χ0) is 14.9. The number of para-hydroxylation sites is 2. The van der Waals surface area contributed by atoms with E-state index in [0.717, 1.165) is 11.9 Å². The molecule has 1 aromatic rings. The number of benzene rings is 1. The Kier molecular flexibility index (Phi) is 7.42. The van der Waals surface area contributed by atoms with E-state index in [2.05, 4.69) is 57.0 Å². The quantitative estimate of drug-likeness (QED) is 0.452. The van der Waals surface area contributed by atoms with Crippen molar-refractivity contribution in [1.29, 1.82) is 0 Å². The van der Waals surface area contributed by atoms with E-state index < -0.39 is 0 Å². The molecule has 3 heteroatoms. The third-order valence-corrected chi connectivity index (χ3v) is 4.96. The minimum Gasteiger partial charge on any atom is -0.371 e. The first-order chi connectivity index (χ1) is 10.3. The summed E-state index contributed by atoms with van der Waals surface area (Å²) in [7, 11) is 2.20. The van der Waals surface area contributed by atoms with Gasteiger partial charge in [0.05, 0.1) is 11.4 Å². The summed E-state index contributed by atoms with van der Waals surface area (Å²) in [5, 5.41) is 1.16. The molecule has 0 bridgehead atoms. The van der Waals surface area contributed by atoms with Gasteiger partial charge < -0.3 is 9.80 Å². The molecule has 118 valence electrons. The first-order valence-corrected chi connectivity index (χ1v) is 9.56. The molecule has 0 fully saturated rings. The van der Waals surface area contributed by atoms with E-state index in [1.54, 1.807) is 0 Å². The number of hydrogen-bond acceptors (Lipinski definition) is 2. The van der Waals surface area contributed by atoms with E-state index in [1.807, 2.05) is 0 Å². The van der Waals surface area contributed by atoms with Gasteiger partial charge in [-0.15, -0.1) is 0 Å². The number of anilines is 2. The average molecular weight is 353 g/mol. The normalized spacial score (nSPS) is 14.4. The summed E-state index contributed by atoms with van der Waals surface area (Å²) < 4.78 is 0. The predicted octanol–water partition coefficient (Wildman–Crippen LogP) is 5.07. The van der Waals surface area contributed by atoms with Crippen molar-refractivity contribution in [3.8, 4) is 0 Å². The lowest BCUT2D eigenvalue weighted by Gasteiger charge is -2.37. The van der Waals surface area contributed by atoms with Gasteiger partial charge >= 0.3 is 0 Å². The summed E-state index contributed by atoms with van der Waals surface area (Å²) in [5.74, 6) is 0. The monoisotopic (exact) mass is 352 g/mol. The van der Waals surface area contributed by atoms with Crippen LogP contribution in [-0.4, -0.2) is 32.0 Å². The minimum atomic E-state index is 1.14. The van der Waals surface area contributed by atoms with E-state index in [1.165, 1.54) is 69.4 Å². The zero-order valence-electron chi connectivity index (χ0n) is 13.4. The fourth-order valence-electron chi connectivity index (χ4n) is 3.08. The van der Waals surface area contributed by atoms with Crippen LogP contribution >= 0.6 is 15.9 Å². The van der Waals surface area contributed by atoms with Crippen molar-refractivity contribution in [3.05, 3.63) is 24.3 Å². The summed E-state index contributed by atoms with van der Waals surface area (Å²) in [6, 6.07) is 8.82. The Balaban J connectivity index is 1.66. The molecule has 0 amide bonds. The molecule has 2 nitrogen and oxygen atoms in total. The molecule has 1 aromatic carbocycles. The molecule has 0 radical (unpaired) electrons. The molecule has 0 spiro atoms. The van der Waals surface area contributed by atoms with E-state index in [0.29, 0.717) is 0 Å². The molecular weight excluding hydrogens is 324 g/mol. The fourth-order valence-corrected chi connectivity index (χ4v) is 3.48. The number of rotatable bonds is 9. The topological polar surface area (TPSA) is 6.48 Å². The van der Waals surface area contributed by atoms with Crippen LogP contribution in [-0.2, 0) is 0 Å². The molecule has 2 rings (SSSR count). The van der Waals surface area contributed by atoms with Crippen LogP contribution in [0.3, 0.4) is 0 Å². The molecule has 21 heavy (non-hydrogen) atoms. The molecule has 1 aliphatic rings. The number of likely N-dealkylation sites (N-methyl/N-ethyl adjacent to an activating group) is 1. The maximum Gasteiger partial charge on any atom is 0.0604 e. The smallest absolute Gasteiger partial charge is 0.0604 e. The van der Waals surface area contributed by atoms with E-state index in [4.69, 9.17) is 0 Å². The van der Waals surface area contributed by atoms with Crippen LogP contribution in [0.1, 0.15) is 44.9 Å². The van der Waals surface area contributed by atoms with Gasteiger partial charge in [0.1, 0.15) is 0 Å². The molecule has 0 unspecified atom stereocenters. The maximum atomic E-state index is 3.50. The van der Waals surface area contributed by atoms with Crippen molar-refractivity contribution >= 4 is 27.3 Å². The number of fused-ring (bicyclic) bond motifs is 1. The van der Waals surface area contributed by atoms with Crippen LogP contribution in [0.4, 0.5) is 11.4 Å². The maximum absolute atomic E-state index is 3.50. The Hall–Kier alpha value is -0.700. The third-order valence-electron chi connectivity index (χ3n) is 4.40. The Bertz CT molecular complexity index is 408. The Morgan fingerprint density at radius 1 is 0.857 bits per heavy atom. The van der Waals surface area contributed by atoms with Gasteiger partial charge in [-0.2, -0.15) is 0 Å². The molecule has 0 saturated heterocycles. The molecule has 1 aliphatic heterocycles. The van der Waals surface area contributed by atoms with Crippen molar-refractivity contribution < 1.29 is 0 Å². The predicted molar refractivity (Wildman–Crippen MR) is 98.0 cm³/mol. The van der Waals surface area contributed by atoms with Gasteiger partial charge in [-0.1, -0.05) is 60.2 Å². The lowest BCUT2D eigenvalue weighted by molar-refractivity contribution is 0.582. The third kappa shape index (κ3) is 5.21. The first-order valence-electron chi connectivity index (χ1n) is 8.44. The second-order valence-electron chi connectivity index (χ2n) is 6.06. The molecule has 0 aliphatic carbocycles. The van der Waals surface area contributed by atoms with E-state index >= 15 is 0 Å². The summed E-state index contributed by atoms with van der Waals surface area (Å²) in [4.78, 5) is 4.94. The largest absolute Gasteiger partial charge is 0.371 e. The van der Waals surface area contributed by atoms with E-state index in [-0.39, 0.29) is 0 Å². The summed E-state index contributed by atoms with van der Waals surface area (Å²) in [6.45, 7) is 3.52. The number of halogens is 1. The van der Waals surface area contributed by atoms with Crippen LogP contribution in [0.15, 0.2) is 24.3 Å². The summed E-state index contributed by atoms with van der Waals surface area (Å²) in [6.07, 6.45) is 9.64. The zero-order valence-corrected chi connectivity index (χ0v) is 14.9. The SMILES string of the molecule is CN1CCN(CCCCCCCCCBr)c2ccccc21. The van der Waals surface area contributed by atoms with Gasteiger partial charge in [-0.3, -0.25) is 0 Å². The van der Waals surface area contributed by atoms with Crippen molar-refractivity contribution in [1.82, 2.24) is 0 Å². The highest BCUT2D eigenvalue weighted by molar-refractivity contribution is 9.09. The van der Waals surface area contributed by atoms with Crippen LogP contribution in [0.25, 0.3) is 0 Å². The molecule has 1 heterocycles. The highest BCUT2D eigenvalue weighted by atomic mass is 79.9. The Morgan fingerprint density at radius 3 is 2.19 bits per heavy atom. The summed E-state index contributed by atoms with van der Waals surface area (Å²) >= 11 is 3.50. The molecule has 0 saturated carbocycles. The van der Waals surface area contributed by atoms with E-state index in [9.17, 15) is 0 Å². The Morgan fingerprint density at radius 2 is 1.48 bits per heavy atom. The highest BCUT2D eigenvalue weighted by Crippen LogP contribution is 2.31. The van der Waals surface area contributed by atoms with Crippen molar-refractivity contribution in [2.24, 2.45) is 0 Å². The average Bonchev–Trinajstić information content (AvgIpc) is 2.52. The summed E-state index contributed by atoms with van der Waals surface area (Å²) in [5.41, 5.74) is 2.81. The number of unbranched alkanes of at least 4 members (excludes halogenated alkanes) is 6.